The van der Waals surface area contributed by atoms with Gasteiger partial charge in [-0.15, -0.1) is 0 Å². The molecule has 1 heterocycles. The highest BCUT2D eigenvalue weighted by molar-refractivity contribution is 7.48. The number of aliphatic hydroxyl groups excluding tert-OH is 3. The fourth-order valence-corrected chi connectivity index (χ4v) is 3.69. The molecule has 164 valence electrons. The van der Waals surface area contributed by atoms with E-state index >= 15 is 0 Å². The second-order valence-electron chi connectivity index (χ2n) is 6.44. The van der Waals surface area contributed by atoms with E-state index in [1.165, 1.54) is 0 Å². The molecule has 0 unspecified atom stereocenters. The van der Waals surface area contributed by atoms with Gasteiger partial charge in [0.25, 0.3) is 0 Å². The number of nitrogens with two attached hydrogens (primary N) is 2. The maximum atomic E-state index is 12.1. The summed E-state index contributed by atoms with van der Waals surface area (Å²) in [7, 11) is -4.47. The molecule has 0 radical (unpaired) electrons. The van der Waals surface area contributed by atoms with Crippen molar-refractivity contribution in [2.24, 2.45) is 11.8 Å². The van der Waals surface area contributed by atoms with Gasteiger partial charge in [0.15, 0.2) is 0 Å². The van der Waals surface area contributed by atoms with Gasteiger partial charge in [-0.25, -0.2) is 16.4 Å². The third-order valence-corrected chi connectivity index (χ3v) is 5.56. The Labute approximate surface area is 172 Å². The number of hydrogen-bond donors (Lipinski definition) is 5. The maximum Gasteiger partial charge on any atom is 0.508 e. The molecule has 12 heteroatoms. The minimum absolute atomic E-state index is 0.332. The van der Waals surface area contributed by atoms with E-state index in [-0.39, 0.29) is 0 Å². The van der Waals surface area contributed by atoms with Crippen molar-refractivity contribution in [3.05, 3.63) is 54.6 Å². The van der Waals surface area contributed by atoms with Crippen molar-refractivity contribution in [1.29, 1.82) is 0 Å². The second kappa shape index (κ2) is 9.94. The summed E-state index contributed by atoms with van der Waals surface area (Å²) in [5.41, 5.74) is 1.95. The first kappa shape index (κ1) is 22.8. The van der Waals surface area contributed by atoms with Crippen LogP contribution < -0.4 is 16.5 Å². The molecule has 0 bridgehead atoms. The van der Waals surface area contributed by atoms with Gasteiger partial charge in [-0.1, -0.05) is 42.5 Å². The van der Waals surface area contributed by atoms with E-state index in [0.717, 1.165) is 11.1 Å². The SMILES string of the molecule is NOP(=O)(ON)O[C@@H]1[C@H](O)[C@@H](Oc2ccc(-c3ccccc3)cc2)O[C@H](CO)[C@H]1O. The van der Waals surface area contributed by atoms with Gasteiger partial charge in [0, 0.05) is 0 Å². The molecule has 0 aromatic heterocycles. The van der Waals surface area contributed by atoms with Crippen LogP contribution in [0.2, 0.25) is 0 Å². The minimum atomic E-state index is -4.47. The quantitative estimate of drug-likeness (QED) is 0.283. The van der Waals surface area contributed by atoms with Crippen LogP contribution in [-0.4, -0.2) is 52.6 Å². The van der Waals surface area contributed by atoms with E-state index in [2.05, 4.69) is 9.25 Å². The van der Waals surface area contributed by atoms with Gasteiger partial charge >= 0.3 is 7.82 Å². The third kappa shape index (κ3) is 5.05. The summed E-state index contributed by atoms with van der Waals surface area (Å²) < 4.78 is 36.2. The zero-order valence-corrected chi connectivity index (χ0v) is 16.6. The van der Waals surface area contributed by atoms with E-state index in [1.807, 2.05) is 42.5 Å². The predicted molar refractivity (Wildman–Crippen MR) is 103 cm³/mol. The highest BCUT2D eigenvalue weighted by Gasteiger charge is 2.50. The molecule has 1 fully saturated rings. The van der Waals surface area contributed by atoms with Gasteiger partial charge < -0.3 is 24.8 Å². The van der Waals surface area contributed by atoms with Crippen LogP contribution in [0.25, 0.3) is 11.1 Å². The van der Waals surface area contributed by atoms with Crippen LogP contribution in [-0.2, 0) is 23.1 Å². The van der Waals surface area contributed by atoms with E-state index in [4.69, 9.17) is 25.8 Å². The zero-order chi connectivity index (χ0) is 21.7. The molecule has 0 spiro atoms. The summed E-state index contributed by atoms with van der Waals surface area (Å²) in [6.45, 7) is -0.641. The normalized spacial score (nSPS) is 27.0. The van der Waals surface area contributed by atoms with Crippen molar-refractivity contribution in [3.63, 3.8) is 0 Å². The molecule has 30 heavy (non-hydrogen) atoms. The highest BCUT2D eigenvalue weighted by Crippen LogP contribution is 2.49. The Morgan fingerprint density at radius 3 is 2.10 bits per heavy atom. The van der Waals surface area contributed by atoms with Crippen LogP contribution in [0.4, 0.5) is 0 Å². The van der Waals surface area contributed by atoms with E-state index in [9.17, 15) is 19.9 Å². The highest BCUT2D eigenvalue weighted by atomic mass is 31.2. The Kier molecular flexibility index (Phi) is 7.55. The van der Waals surface area contributed by atoms with Gasteiger partial charge in [0.05, 0.1) is 6.61 Å². The molecule has 1 aliphatic rings. The maximum absolute atomic E-state index is 12.1. The summed E-state index contributed by atoms with van der Waals surface area (Å²) in [5, 5.41) is 30.3. The second-order valence-corrected chi connectivity index (χ2v) is 7.97. The molecule has 7 N–H and O–H groups in total. The molecule has 1 saturated heterocycles. The molecule has 11 nitrogen and oxygen atoms in total. The van der Waals surface area contributed by atoms with Crippen LogP contribution in [0, 0.1) is 0 Å². The van der Waals surface area contributed by atoms with E-state index in [1.54, 1.807) is 12.1 Å². The molecule has 2 aromatic rings. The fourth-order valence-electron chi connectivity index (χ4n) is 2.99. The largest absolute Gasteiger partial charge is 0.508 e. The lowest BCUT2D eigenvalue weighted by Gasteiger charge is -2.41. The summed E-state index contributed by atoms with van der Waals surface area (Å²) in [6, 6.07) is 16.6. The lowest BCUT2D eigenvalue weighted by molar-refractivity contribution is -0.275. The Bertz CT molecular complexity index is 846. The fraction of sp³-hybridized carbons (Fsp3) is 0.333. The van der Waals surface area contributed by atoms with Crippen LogP contribution in [0.15, 0.2) is 54.6 Å². The predicted octanol–water partition coefficient (Wildman–Crippen LogP) is 0.445. The summed E-state index contributed by atoms with van der Waals surface area (Å²) >= 11 is 0. The number of benzene rings is 2. The smallest absolute Gasteiger partial charge is 0.462 e. The van der Waals surface area contributed by atoms with Crippen LogP contribution in [0.3, 0.4) is 0 Å². The molecule has 2 aromatic carbocycles. The van der Waals surface area contributed by atoms with Crippen molar-refractivity contribution in [3.8, 4) is 16.9 Å². The van der Waals surface area contributed by atoms with E-state index in [0.29, 0.717) is 5.75 Å². The Hall–Kier alpha value is -1.89. The lowest BCUT2D eigenvalue weighted by atomic mass is 9.99. The summed E-state index contributed by atoms with van der Waals surface area (Å²) in [6.07, 6.45) is -7.49. The van der Waals surface area contributed by atoms with Gasteiger partial charge in [0.2, 0.25) is 6.29 Å². The van der Waals surface area contributed by atoms with Crippen LogP contribution in [0.5, 0.6) is 5.75 Å². The van der Waals surface area contributed by atoms with Gasteiger partial charge in [-0.3, -0.25) is 4.52 Å². The average molecular weight is 442 g/mol. The Morgan fingerprint density at radius 1 is 0.933 bits per heavy atom. The molecule has 0 saturated carbocycles. The molecular formula is C18H23N2O9P. The van der Waals surface area contributed by atoms with Gasteiger partial charge in [0.1, 0.15) is 30.2 Å². The first-order chi connectivity index (χ1) is 14.4. The van der Waals surface area contributed by atoms with Crippen molar-refractivity contribution in [2.75, 3.05) is 6.61 Å². The van der Waals surface area contributed by atoms with Crippen molar-refractivity contribution in [1.82, 2.24) is 0 Å². The summed E-state index contributed by atoms with van der Waals surface area (Å²) in [5.74, 6) is 10.0. The number of phosphoric acid groups is 1. The van der Waals surface area contributed by atoms with Crippen LogP contribution >= 0.6 is 7.82 Å². The number of rotatable bonds is 8. The van der Waals surface area contributed by atoms with Crippen molar-refractivity contribution >= 4 is 7.82 Å². The number of ether oxygens (including phenoxy) is 2. The average Bonchev–Trinajstić information content (AvgIpc) is 2.79. The third-order valence-electron chi connectivity index (χ3n) is 4.54. The lowest BCUT2D eigenvalue weighted by Crippen LogP contribution is -2.60. The Balaban J connectivity index is 1.76. The first-order valence-electron chi connectivity index (χ1n) is 8.90. The molecule has 5 atom stereocenters. The zero-order valence-electron chi connectivity index (χ0n) is 15.7. The van der Waals surface area contributed by atoms with E-state index < -0.39 is 45.1 Å². The standard InChI is InChI=1S/C18H23N2O9P/c19-28-30(24,29-20)27-17-15(22)14(10-21)26-18(16(17)23)25-13-8-6-12(7-9-13)11-4-2-1-3-5-11/h1-9,14-18,21-23H,10,19-20H2/t14-,15-,16+,17+,18+/m1/s1. The number of hydrogen-bond acceptors (Lipinski definition) is 11. The van der Waals surface area contributed by atoms with Crippen molar-refractivity contribution < 1.29 is 43.1 Å². The minimum Gasteiger partial charge on any atom is -0.462 e. The van der Waals surface area contributed by atoms with Gasteiger partial charge in [-0.2, -0.15) is 9.25 Å². The number of aliphatic hydroxyl groups is 3. The van der Waals surface area contributed by atoms with Crippen molar-refractivity contribution in [2.45, 2.75) is 30.7 Å². The van der Waals surface area contributed by atoms with Crippen LogP contribution in [0.1, 0.15) is 0 Å². The monoisotopic (exact) mass is 442 g/mol. The van der Waals surface area contributed by atoms with Gasteiger partial charge in [-0.05, 0) is 23.3 Å². The Morgan fingerprint density at radius 2 is 1.53 bits per heavy atom. The molecule has 3 rings (SSSR count). The molecule has 0 amide bonds. The molecular weight excluding hydrogens is 419 g/mol. The first-order valence-corrected chi connectivity index (χ1v) is 10.4. The molecule has 1 aliphatic heterocycles. The summed E-state index contributed by atoms with van der Waals surface area (Å²) in [4.78, 5) is 0. The topological polar surface area (TPSA) is 176 Å². The molecule has 0 aliphatic carbocycles.